The van der Waals surface area contributed by atoms with Crippen LogP contribution in [0.4, 0.5) is 0 Å². The molecule has 2 aliphatic heterocycles. The number of nitrogens with one attached hydrogen (secondary N) is 1. The van der Waals surface area contributed by atoms with Gasteiger partial charge < -0.3 is 19.7 Å². The van der Waals surface area contributed by atoms with Crippen LogP contribution < -0.4 is 5.32 Å². The zero-order valence-electron chi connectivity index (χ0n) is 15.2. The summed E-state index contributed by atoms with van der Waals surface area (Å²) in [6.07, 6.45) is 3.54. The van der Waals surface area contributed by atoms with Gasteiger partial charge in [-0.2, -0.15) is 0 Å². The number of hydrogen-bond acceptors (Lipinski definition) is 4. The second kappa shape index (κ2) is 8.79. The van der Waals surface area contributed by atoms with Crippen LogP contribution in [-0.2, 0) is 19.7 Å². The van der Waals surface area contributed by atoms with Crippen molar-refractivity contribution < 1.29 is 14.3 Å². The van der Waals surface area contributed by atoms with E-state index in [1.165, 1.54) is 0 Å². The van der Waals surface area contributed by atoms with Crippen molar-refractivity contribution in [3.8, 4) is 0 Å². The van der Waals surface area contributed by atoms with Crippen molar-refractivity contribution in [1.29, 1.82) is 0 Å². The fourth-order valence-electron chi connectivity index (χ4n) is 3.97. The van der Waals surface area contributed by atoms with Crippen LogP contribution in [0, 0.1) is 0 Å². The molecule has 2 saturated heterocycles. The van der Waals surface area contributed by atoms with Crippen molar-refractivity contribution in [3.05, 3.63) is 35.9 Å². The lowest BCUT2D eigenvalue weighted by Gasteiger charge is -2.39. The molecular weight excluding hydrogens is 316 g/mol. The molecule has 0 unspecified atom stereocenters. The summed E-state index contributed by atoms with van der Waals surface area (Å²) >= 11 is 0. The molecule has 0 bridgehead atoms. The van der Waals surface area contributed by atoms with E-state index in [1.54, 1.807) is 7.11 Å². The van der Waals surface area contributed by atoms with E-state index in [9.17, 15) is 4.79 Å². The molecule has 1 amide bonds. The maximum atomic E-state index is 13.2. The predicted octanol–water partition coefficient (Wildman–Crippen LogP) is 1.96. The Bertz CT molecular complexity index is 535. The minimum absolute atomic E-state index is 0.178. The van der Waals surface area contributed by atoms with E-state index >= 15 is 0 Å². The number of carbonyl (C=O) groups is 1. The zero-order chi connectivity index (χ0) is 17.5. The first-order valence-corrected chi connectivity index (χ1v) is 9.40. The largest absolute Gasteiger partial charge is 0.383 e. The Balaban J connectivity index is 1.62. The normalized spacial score (nSPS) is 21.8. The molecule has 1 aromatic carbocycles. The van der Waals surface area contributed by atoms with E-state index in [1.807, 2.05) is 18.2 Å². The first-order chi connectivity index (χ1) is 12.2. The highest BCUT2D eigenvalue weighted by atomic mass is 16.5. The van der Waals surface area contributed by atoms with Crippen molar-refractivity contribution in [2.75, 3.05) is 46.6 Å². The van der Waals surface area contributed by atoms with E-state index in [0.29, 0.717) is 13.2 Å². The fraction of sp³-hybridized carbons (Fsp3) is 0.650. The predicted molar refractivity (Wildman–Crippen MR) is 97.7 cm³/mol. The van der Waals surface area contributed by atoms with Crippen LogP contribution in [0.15, 0.2) is 30.3 Å². The van der Waals surface area contributed by atoms with Crippen molar-refractivity contribution in [2.45, 2.75) is 37.1 Å². The molecule has 0 aromatic heterocycles. The molecule has 0 spiro atoms. The number of rotatable bonds is 6. The van der Waals surface area contributed by atoms with Crippen molar-refractivity contribution in [1.82, 2.24) is 10.2 Å². The van der Waals surface area contributed by atoms with Gasteiger partial charge in [0, 0.05) is 46.0 Å². The van der Waals surface area contributed by atoms with Gasteiger partial charge in [0.1, 0.15) is 0 Å². The van der Waals surface area contributed by atoms with Gasteiger partial charge in [-0.1, -0.05) is 30.3 Å². The van der Waals surface area contributed by atoms with E-state index in [2.05, 4.69) is 22.3 Å². The second-order valence-electron chi connectivity index (χ2n) is 7.14. The topological polar surface area (TPSA) is 50.8 Å². The van der Waals surface area contributed by atoms with Gasteiger partial charge in [0.2, 0.25) is 5.91 Å². The molecule has 5 heteroatoms. The number of nitrogens with zero attached hydrogens (tertiary/aromatic N) is 1. The number of ether oxygens (including phenoxy) is 2. The molecular formula is C20H30N2O3. The summed E-state index contributed by atoms with van der Waals surface area (Å²) in [6, 6.07) is 10.5. The standard InChI is InChI=1S/C20H30N2O3/c1-24-16-13-22-11-7-18(8-12-22)21-19(23)20(9-14-25-15-10-20)17-5-3-2-4-6-17/h2-6,18H,7-16H2,1H3,(H,21,23). The van der Waals surface area contributed by atoms with Gasteiger partial charge in [-0.3, -0.25) is 4.79 Å². The number of likely N-dealkylation sites (tertiary alicyclic amines) is 1. The van der Waals surface area contributed by atoms with Crippen LogP contribution in [0.2, 0.25) is 0 Å². The Labute approximate surface area is 150 Å². The highest BCUT2D eigenvalue weighted by Gasteiger charge is 2.42. The Morgan fingerprint density at radius 1 is 1.24 bits per heavy atom. The smallest absolute Gasteiger partial charge is 0.231 e. The molecule has 3 rings (SSSR count). The number of benzene rings is 1. The lowest BCUT2D eigenvalue weighted by atomic mass is 9.73. The van der Waals surface area contributed by atoms with Crippen LogP contribution in [0.3, 0.4) is 0 Å². The summed E-state index contributed by atoms with van der Waals surface area (Å²) in [7, 11) is 1.74. The lowest BCUT2D eigenvalue weighted by molar-refractivity contribution is -0.131. The van der Waals surface area contributed by atoms with Crippen LogP contribution in [0.1, 0.15) is 31.2 Å². The third-order valence-electron chi connectivity index (χ3n) is 5.64. The first-order valence-electron chi connectivity index (χ1n) is 9.40. The Morgan fingerprint density at radius 2 is 1.92 bits per heavy atom. The summed E-state index contributed by atoms with van der Waals surface area (Å²) in [6.45, 7) is 5.09. The first kappa shape index (κ1) is 18.4. The molecule has 2 fully saturated rings. The maximum absolute atomic E-state index is 13.2. The Kier molecular flexibility index (Phi) is 6.45. The summed E-state index contributed by atoms with van der Waals surface area (Å²) < 4.78 is 10.7. The lowest BCUT2D eigenvalue weighted by Crippen LogP contribution is -2.53. The van der Waals surface area contributed by atoms with Gasteiger partial charge in [0.15, 0.2) is 0 Å². The molecule has 1 N–H and O–H groups in total. The van der Waals surface area contributed by atoms with Gasteiger partial charge >= 0.3 is 0 Å². The molecule has 0 saturated carbocycles. The third kappa shape index (κ3) is 4.40. The van der Waals surface area contributed by atoms with Crippen molar-refractivity contribution in [2.24, 2.45) is 0 Å². The molecule has 2 aliphatic rings. The van der Waals surface area contributed by atoms with E-state index in [0.717, 1.165) is 57.5 Å². The van der Waals surface area contributed by atoms with Gasteiger partial charge in [-0.25, -0.2) is 0 Å². The number of amides is 1. The molecule has 138 valence electrons. The second-order valence-corrected chi connectivity index (χ2v) is 7.14. The maximum Gasteiger partial charge on any atom is 0.231 e. The molecule has 2 heterocycles. The van der Waals surface area contributed by atoms with Gasteiger partial charge in [-0.05, 0) is 31.2 Å². The number of carbonyl (C=O) groups excluding carboxylic acids is 1. The van der Waals surface area contributed by atoms with E-state index in [4.69, 9.17) is 9.47 Å². The van der Waals surface area contributed by atoms with E-state index < -0.39 is 5.41 Å². The van der Waals surface area contributed by atoms with Gasteiger partial charge in [0.05, 0.1) is 12.0 Å². The monoisotopic (exact) mass is 346 g/mol. The minimum atomic E-state index is -0.438. The Hall–Kier alpha value is -1.43. The number of methoxy groups -OCH3 is 1. The van der Waals surface area contributed by atoms with Crippen LogP contribution in [0.25, 0.3) is 0 Å². The average molecular weight is 346 g/mol. The highest BCUT2D eigenvalue weighted by Crippen LogP contribution is 2.35. The molecule has 25 heavy (non-hydrogen) atoms. The zero-order valence-corrected chi connectivity index (χ0v) is 15.2. The highest BCUT2D eigenvalue weighted by molar-refractivity contribution is 5.88. The third-order valence-corrected chi connectivity index (χ3v) is 5.64. The van der Waals surface area contributed by atoms with Gasteiger partial charge in [-0.15, -0.1) is 0 Å². The fourth-order valence-corrected chi connectivity index (χ4v) is 3.97. The van der Waals surface area contributed by atoms with Crippen LogP contribution in [-0.4, -0.2) is 63.4 Å². The van der Waals surface area contributed by atoms with Gasteiger partial charge in [0.25, 0.3) is 0 Å². The average Bonchev–Trinajstić information content (AvgIpc) is 2.68. The quantitative estimate of drug-likeness (QED) is 0.856. The van der Waals surface area contributed by atoms with Crippen LogP contribution in [0.5, 0.6) is 0 Å². The molecule has 1 aromatic rings. The van der Waals surface area contributed by atoms with Crippen molar-refractivity contribution >= 4 is 5.91 Å². The summed E-state index contributed by atoms with van der Waals surface area (Å²) in [4.78, 5) is 15.7. The summed E-state index contributed by atoms with van der Waals surface area (Å²) in [5, 5.41) is 3.35. The van der Waals surface area contributed by atoms with Crippen LogP contribution >= 0.6 is 0 Å². The number of piperidine rings is 1. The molecule has 0 atom stereocenters. The summed E-state index contributed by atoms with van der Waals surface area (Å²) in [5.41, 5.74) is 0.681. The van der Waals surface area contributed by atoms with Crippen molar-refractivity contribution in [3.63, 3.8) is 0 Å². The summed E-state index contributed by atoms with van der Waals surface area (Å²) in [5.74, 6) is 0.178. The SMILES string of the molecule is COCCN1CCC(NC(=O)C2(c3ccccc3)CCOCC2)CC1. The molecule has 0 aliphatic carbocycles. The van der Waals surface area contributed by atoms with E-state index in [-0.39, 0.29) is 11.9 Å². The number of hydrogen-bond donors (Lipinski definition) is 1. The Morgan fingerprint density at radius 3 is 2.56 bits per heavy atom. The molecule has 0 radical (unpaired) electrons. The minimum Gasteiger partial charge on any atom is -0.383 e. The molecule has 5 nitrogen and oxygen atoms in total.